The predicted octanol–water partition coefficient (Wildman–Crippen LogP) is 4.21. The topological polar surface area (TPSA) is 24.9 Å². The summed E-state index contributed by atoms with van der Waals surface area (Å²) in [4.78, 5) is 4.16. The summed E-state index contributed by atoms with van der Waals surface area (Å²) in [6.45, 7) is 3.58. The Kier molecular flexibility index (Phi) is 5.29. The molecule has 21 heavy (non-hydrogen) atoms. The molecule has 0 aromatic carbocycles. The van der Waals surface area contributed by atoms with Crippen LogP contribution in [0.5, 0.6) is 0 Å². The molecule has 1 heterocycles. The first-order chi connectivity index (χ1) is 10.3. The normalized spacial score (nSPS) is 29.5. The summed E-state index contributed by atoms with van der Waals surface area (Å²) in [5.41, 5.74) is 1.48. The molecule has 0 bridgehead atoms. The Morgan fingerprint density at radius 3 is 2.62 bits per heavy atom. The minimum Gasteiger partial charge on any atom is -0.314 e. The Hall–Kier alpha value is -0.890. The molecule has 2 aliphatic rings. The van der Waals surface area contributed by atoms with E-state index in [1.165, 1.54) is 63.5 Å². The monoisotopic (exact) mass is 286 g/mol. The molecule has 1 aromatic rings. The van der Waals surface area contributed by atoms with Gasteiger partial charge in [0.2, 0.25) is 0 Å². The first-order valence-corrected chi connectivity index (χ1v) is 8.97. The molecular formula is C19H30N2. The van der Waals surface area contributed by atoms with Gasteiger partial charge < -0.3 is 5.32 Å². The van der Waals surface area contributed by atoms with Gasteiger partial charge in [-0.15, -0.1) is 0 Å². The Morgan fingerprint density at radius 1 is 1.10 bits per heavy atom. The number of hydrogen-bond acceptors (Lipinski definition) is 2. The number of nitrogens with one attached hydrogen (secondary N) is 1. The molecule has 2 saturated carbocycles. The maximum absolute atomic E-state index is 4.16. The van der Waals surface area contributed by atoms with Crippen molar-refractivity contribution in [3.05, 3.63) is 30.1 Å². The van der Waals surface area contributed by atoms with Crippen LogP contribution >= 0.6 is 0 Å². The number of rotatable bonds is 7. The molecule has 2 fully saturated rings. The van der Waals surface area contributed by atoms with E-state index in [-0.39, 0.29) is 0 Å². The van der Waals surface area contributed by atoms with Crippen LogP contribution in [0.4, 0.5) is 0 Å². The first kappa shape index (κ1) is 15.0. The van der Waals surface area contributed by atoms with Crippen LogP contribution in [0, 0.1) is 17.8 Å². The zero-order valence-electron chi connectivity index (χ0n) is 13.4. The fourth-order valence-electron chi connectivity index (χ4n) is 4.04. The number of aromatic nitrogens is 1. The summed E-state index contributed by atoms with van der Waals surface area (Å²) >= 11 is 0. The number of nitrogens with zero attached hydrogens (tertiary/aromatic N) is 1. The molecule has 2 nitrogen and oxygen atoms in total. The van der Waals surface area contributed by atoms with E-state index in [0.29, 0.717) is 0 Å². The summed E-state index contributed by atoms with van der Waals surface area (Å²) in [6, 6.07) is 5.25. The van der Waals surface area contributed by atoms with Gasteiger partial charge in [-0.1, -0.05) is 26.2 Å². The van der Waals surface area contributed by atoms with Crippen LogP contribution < -0.4 is 5.32 Å². The Bertz CT molecular complexity index is 413. The lowest BCUT2D eigenvalue weighted by atomic mass is 9.70. The van der Waals surface area contributed by atoms with Crippen molar-refractivity contribution >= 4 is 0 Å². The van der Waals surface area contributed by atoms with Crippen LogP contribution in [0.2, 0.25) is 0 Å². The zero-order valence-corrected chi connectivity index (χ0v) is 13.4. The van der Waals surface area contributed by atoms with Gasteiger partial charge in [-0.25, -0.2) is 0 Å². The van der Waals surface area contributed by atoms with Crippen molar-refractivity contribution in [2.45, 2.75) is 64.3 Å². The molecule has 0 radical (unpaired) electrons. The van der Waals surface area contributed by atoms with Gasteiger partial charge in [0.25, 0.3) is 0 Å². The predicted molar refractivity (Wildman–Crippen MR) is 88.2 cm³/mol. The molecule has 1 N–H and O–H groups in total. The molecule has 0 spiro atoms. The highest BCUT2D eigenvalue weighted by Gasteiger charge is 2.31. The summed E-state index contributed by atoms with van der Waals surface area (Å²) in [7, 11) is 0. The van der Waals surface area contributed by atoms with Gasteiger partial charge in [0.15, 0.2) is 0 Å². The maximum atomic E-state index is 4.16. The summed E-state index contributed by atoms with van der Waals surface area (Å²) in [5.74, 6) is 2.72. The van der Waals surface area contributed by atoms with Gasteiger partial charge in [-0.05, 0) is 74.1 Å². The van der Waals surface area contributed by atoms with Crippen LogP contribution in [0.25, 0.3) is 0 Å². The Morgan fingerprint density at radius 2 is 1.90 bits per heavy atom. The lowest BCUT2D eigenvalue weighted by Gasteiger charge is -2.36. The Balaban J connectivity index is 1.59. The van der Waals surface area contributed by atoms with E-state index in [2.05, 4.69) is 29.4 Å². The third-order valence-corrected chi connectivity index (χ3v) is 5.44. The van der Waals surface area contributed by atoms with Gasteiger partial charge in [0.1, 0.15) is 0 Å². The molecule has 3 unspecified atom stereocenters. The highest BCUT2D eigenvalue weighted by molar-refractivity contribution is 5.11. The van der Waals surface area contributed by atoms with Crippen molar-refractivity contribution in [3.8, 4) is 0 Å². The van der Waals surface area contributed by atoms with Gasteiger partial charge in [-0.2, -0.15) is 0 Å². The highest BCUT2D eigenvalue weighted by atomic mass is 14.9. The molecule has 3 atom stereocenters. The number of pyridine rings is 1. The van der Waals surface area contributed by atoms with E-state index in [9.17, 15) is 0 Å². The third kappa shape index (κ3) is 4.54. The van der Waals surface area contributed by atoms with Crippen molar-refractivity contribution in [2.24, 2.45) is 17.8 Å². The van der Waals surface area contributed by atoms with E-state index in [1.54, 1.807) is 0 Å². The van der Waals surface area contributed by atoms with Crippen molar-refractivity contribution in [1.82, 2.24) is 10.3 Å². The standard InChI is InChI=1S/C19H30N2/c1-2-3-15-4-5-17(14-21-19-6-7-19)18(12-15)13-16-8-10-20-11-9-16/h8-11,15,17-19,21H,2-7,12-14H2,1H3. The Labute approximate surface area is 129 Å². The van der Waals surface area contributed by atoms with Crippen molar-refractivity contribution < 1.29 is 0 Å². The van der Waals surface area contributed by atoms with Gasteiger partial charge >= 0.3 is 0 Å². The molecule has 1 aromatic heterocycles. The lowest BCUT2D eigenvalue weighted by molar-refractivity contribution is 0.167. The fourth-order valence-corrected chi connectivity index (χ4v) is 4.04. The van der Waals surface area contributed by atoms with Crippen molar-refractivity contribution in [3.63, 3.8) is 0 Å². The van der Waals surface area contributed by atoms with Crippen LogP contribution in [0.1, 0.15) is 57.4 Å². The molecule has 2 aliphatic carbocycles. The van der Waals surface area contributed by atoms with E-state index < -0.39 is 0 Å². The second-order valence-corrected chi connectivity index (χ2v) is 7.23. The molecule has 0 amide bonds. The highest BCUT2D eigenvalue weighted by Crippen LogP contribution is 2.38. The first-order valence-electron chi connectivity index (χ1n) is 8.97. The van der Waals surface area contributed by atoms with Crippen molar-refractivity contribution in [2.75, 3.05) is 6.54 Å². The van der Waals surface area contributed by atoms with Gasteiger partial charge in [0.05, 0.1) is 0 Å². The quantitative estimate of drug-likeness (QED) is 0.812. The fraction of sp³-hybridized carbons (Fsp3) is 0.737. The van der Waals surface area contributed by atoms with E-state index in [0.717, 1.165) is 23.8 Å². The molecule has 0 aliphatic heterocycles. The minimum atomic E-state index is 0.847. The summed E-state index contributed by atoms with van der Waals surface area (Å²) in [5, 5.41) is 3.78. The smallest absolute Gasteiger partial charge is 0.0270 e. The third-order valence-electron chi connectivity index (χ3n) is 5.44. The average molecular weight is 286 g/mol. The van der Waals surface area contributed by atoms with E-state index >= 15 is 0 Å². The summed E-state index contributed by atoms with van der Waals surface area (Å²) < 4.78 is 0. The molecular weight excluding hydrogens is 256 g/mol. The van der Waals surface area contributed by atoms with Crippen molar-refractivity contribution in [1.29, 1.82) is 0 Å². The van der Waals surface area contributed by atoms with Crippen LogP contribution in [-0.2, 0) is 6.42 Å². The molecule has 0 saturated heterocycles. The number of hydrogen-bond donors (Lipinski definition) is 1. The van der Waals surface area contributed by atoms with Crippen LogP contribution in [0.3, 0.4) is 0 Å². The van der Waals surface area contributed by atoms with E-state index in [4.69, 9.17) is 0 Å². The average Bonchev–Trinajstić information content (AvgIpc) is 3.32. The van der Waals surface area contributed by atoms with Crippen LogP contribution in [0.15, 0.2) is 24.5 Å². The second-order valence-electron chi connectivity index (χ2n) is 7.23. The second kappa shape index (κ2) is 7.40. The van der Waals surface area contributed by atoms with Gasteiger partial charge in [-0.3, -0.25) is 4.98 Å². The molecule has 116 valence electrons. The maximum Gasteiger partial charge on any atom is 0.0270 e. The molecule has 2 heteroatoms. The zero-order chi connectivity index (χ0) is 14.5. The molecule has 3 rings (SSSR count). The van der Waals surface area contributed by atoms with Crippen LogP contribution in [-0.4, -0.2) is 17.6 Å². The van der Waals surface area contributed by atoms with E-state index in [1.807, 2.05) is 12.4 Å². The largest absolute Gasteiger partial charge is 0.314 e. The van der Waals surface area contributed by atoms with Gasteiger partial charge in [0, 0.05) is 18.4 Å². The SMILES string of the molecule is CCCC1CCC(CNC2CC2)C(Cc2ccncc2)C1. The minimum absolute atomic E-state index is 0.847. The summed E-state index contributed by atoms with van der Waals surface area (Å²) in [6.07, 6.45) is 15.0. The lowest BCUT2D eigenvalue weighted by Crippen LogP contribution is -2.35.